The van der Waals surface area contributed by atoms with Gasteiger partial charge in [-0.05, 0) is 109 Å². The number of hydrogen-bond acceptors (Lipinski definition) is 6. The van der Waals surface area contributed by atoms with Crippen molar-refractivity contribution >= 4 is 17.9 Å². The van der Waals surface area contributed by atoms with Crippen molar-refractivity contribution in [3.05, 3.63) is 122 Å². The predicted molar refractivity (Wildman–Crippen MR) is 283 cm³/mol. The Morgan fingerprint density at radius 2 is 0.591 bits per heavy atom. The van der Waals surface area contributed by atoms with E-state index in [4.69, 9.17) is 14.2 Å². The van der Waals surface area contributed by atoms with E-state index in [1.807, 2.05) is 0 Å². The van der Waals surface area contributed by atoms with E-state index < -0.39 is 6.10 Å². The van der Waals surface area contributed by atoms with E-state index in [-0.39, 0.29) is 31.1 Å². The van der Waals surface area contributed by atoms with Crippen molar-refractivity contribution in [2.75, 3.05) is 13.2 Å². The Hall–Kier alpha value is -4.19. The first kappa shape index (κ1) is 61.8. The van der Waals surface area contributed by atoms with Crippen LogP contribution in [-0.2, 0) is 28.6 Å². The Kier molecular flexibility index (Phi) is 50.0. The minimum atomic E-state index is -0.795. The molecule has 0 amide bonds. The monoisotopic (exact) mass is 913 g/mol. The van der Waals surface area contributed by atoms with Crippen molar-refractivity contribution in [2.45, 2.75) is 226 Å². The van der Waals surface area contributed by atoms with Gasteiger partial charge in [0.2, 0.25) is 0 Å². The molecule has 0 radical (unpaired) electrons. The van der Waals surface area contributed by atoms with Crippen LogP contribution >= 0.6 is 0 Å². The normalized spacial score (nSPS) is 13.1. The molecule has 0 aromatic heterocycles. The number of carbonyl (C=O) groups excluding carboxylic acids is 3. The fourth-order valence-electron chi connectivity index (χ4n) is 6.79. The Bertz CT molecular complexity index is 1420. The topological polar surface area (TPSA) is 78.9 Å². The van der Waals surface area contributed by atoms with E-state index in [1.54, 1.807) is 0 Å². The standard InChI is InChI=1S/C60H96O6/c1-4-7-10-13-16-18-20-22-24-25-26-27-28-29-30-31-32-33-34-35-37-38-40-42-44-47-50-53-59(62)65-56-57(55-64-58(61)52-49-46-15-12-9-6-3)66-60(63)54-51-48-45-43-41-39-36-23-21-19-17-14-11-8-5-2/h7-8,10-11,16-19,22-24,26-27,29-30,32-33,35-37,57H,4-6,9,12-15,20-21,25,28,31,34,38-56H2,1-3H3/b10-7-,11-8-,18-16-,19-17-,24-22-,27-26-,30-29-,33-32-,36-23-,37-35-. The number of allylic oxidation sites excluding steroid dienone is 20. The van der Waals surface area contributed by atoms with Crippen molar-refractivity contribution in [1.82, 2.24) is 0 Å². The molecule has 0 aliphatic heterocycles. The highest BCUT2D eigenvalue weighted by Crippen LogP contribution is 2.13. The van der Waals surface area contributed by atoms with Gasteiger partial charge in [0.15, 0.2) is 6.10 Å². The second-order valence-electron chi connectivity index (χ2n) is 17.0. The number of esters is 3. The minimum Gasteiger partial charge on any atom is -0.462 e. The fraction of sp³-hybridized carbons (Fsp3) is 0.617. The lowest BCUT2D eigenvalue weighted by Gasteiger charge is -2.18. The summed E-state index contributed by atoms with van der Waals surface area (Å²) in [5.41, 5.74) is 0. The molecule has 0 fully saturated rings. The van der Waals surface area contributed by atoms with Gasteiger partial charge in [-0.25, -0.2) is 0 Å². The van der Waals surface area contributed by atoms with Gasteiger partial charge in [-0.2, -0.15) is 0 Å². The average Bonchev–Trinajstić information content (AvgIpc) is 3.31. The predicted octanol–water partition coefficient (Wildman–Crippen LogP) is 17.7. The summed E-state index contributed by atoms with van der Waals surface area (Å²) in [6, 6.07) is 0. The zero-order chi connectivity index (χ0) is 47.9. The lowest BCUT2D eigenvalue weighted by Crippen LogP contribution is -2.30. The van der Waals surface area contributed by atoms with E-state index in [0.717, 1.165) is 161 Å². The molecular weight excluding hydrogens is 817 g/mol. The Morgan fingerprint density at radius 3 is 0.924 bits per heavy atom. The SMILES string of the molecule is CC/C=C\C/C=C\C/C=C\C/C=C\C/C=C\C/C=C\C/C=C\CCCCCCCC(=O)OCC(COC(=O)CCCCCCCC)OC(=O)CCCCCCC/C=C\C/C=C\C/C=C\CC. The van der Waals surface area contributed by atoms with Gasteiger partial charge in [0.05, 0.1) is 0 Å². The molecule has 0 aliphatic carbocycles. The lowest BCUT2D eigenvalue weighted by atomic mass is 10.1. The Labute approximate surface area is 405 Å². The minimum absolute atomic E-state index is 0.0945. The van der Waals surface area contributed by atoms with Crippen molar-refractivity contribution in [1.29, 1.82) is 0 Å². The van der Waals surface area contributed by atoms with Gasteiger partial charge in [-0.1, -0.05) is 213 Å². The van der Waals surface area contributed by atoms with Gasteiger partial charge in [0.25, 0.3) is 0 Å². The summed E-state index contributed by atoms with van der Waals surface area (Å²) < 4.78 is 16.7. The van der Waals surface area contributed by atoms with Crippen LogP contribution in [0.15, 0.2) is 122 Å². The average molecular weight is 913 g/mol. The van der Waals surface area contributed by atoms with Gasteiger partial charge < -0.3 is 14.2 Å². The third-order valence-electron chi connectivity index (χ3n) is 10.7. The summed E-state index contributed by atoms with van der Waals surface area (Å²) in [7, 11) is 0. The molecule has 0 aliphatic rings. The quantitative estimate of drug-likeness (QED) is 0.0262. The lowest BCUT2D eigenvalue weighted by molar-refractivity contribution is -0.167. The smallest absolute Gasteiger partial charge is 0.306 e. The van der Waals surface area contributed by atoms with Crippen molar-refractivity contribution in [3.8, 4) is 0 Å². The Morgan fingerprint density at radius 1 is 0.318 bits per heavy atom. The van der Waals surface area contributed by atoms with E-state index in [0.29, 0.717) is 19.3 Å². The number of rotatable bonds is 46. The molecular formula is C60H96O6. The molecule has 1 atom stereocenters. The van der Waals surface area contributed by atoms with Crippen molar-refractivity contribution in [3.63, 3.8) is 0 Å². The van der Waals surface area contributed by atoms with E-state index >= 15 is 0 Å². The van der Waals surface area contributed by atoms with E-state index in [2.05, 4.69) is 142 Å². The third kappa shape index (κ3) is 50.8. The van der Waals surface area contributed by atoms with Crippen LogP contribution in [-0.4, -0.2) is 37.2 Å². The van der Waals surface area contributed by atoms with Crippen molar-refractivity contribution < 1.29 is 28.6 Å². The van der Waals surface area contributed by atoms with E-state index in [9.17, 15) is 14.4 Å². The molecule has 0 aromatic rings. The Balaban J connectivity index is 4.25. The molecule has 6 heteroatoms. The molecule has 0 saturated carbocycles. The van der Waals surface area contributed by atoms with Crippen LogP contribution in [0.25, 0.3) is 0 Å². The first-order valence-electron chi connectivity index (χ1n) is 26.5. The zero-order valence-electron chi connectivity index (χ0n) is 42.4. The van der Waals surface area contributed by atoms with Crippen LogP contribution < -0.4 is 0 Å². The molecule has 0 saturated heterocycles. The van der Waals surface area contributed by atoms with Gasteiger partial charge in [-0.3, -0.25) is 14.4 Å². The van der Waals surface area contributed by atoms with Gasteiger partial charge in [0, 0.05) is 19.3 Å². The molecule has 0 N–H and O–H groups in total. The first-order valence-corrected chi connectivity index (χ1v) is 26.5. The van der Waals surface area contributed by atoms with Crippen LogP contribution in [0.3, 0.4) is 0 Å². The maximum absolute atomic E-state index is 12.7. The molecule has 0 bridgehead atoms. The number of ether oxygens (including phenoxy) is 3. The molecule has 0 aromatic carbocycles. The van der Waals surface area contributed by atoms with Crippen LogP contribution in [0.4, 0.5) is 0 Å². The highest BCUT2D eigenvalue weighted by molar-refractivity contribution is 5.71. The molecule has 372 valence electrons. The number of unbranched alkanes of at least 4 members (excludes halogenated alkanes) is 15. The third-order valence-corrected chi connectivity index (χ3v) is 10.7. The largest absolute Gasteiger partial charge is 0.462 e. The van der Waals surface area contributed by atoms with Gasteiger partial charge in [0.1, 0.15) is 13.2 Å². The van der Waals surface area contributed by atoms with Crippen LogP contribution in [0.1, 0.15) is 220 Å². The zero-order valence-corrected chi connectivity index (χ0v) is 42.4. The molecule has 6 nitrogen and oxygen atoms in total. The highest BCUT2D eigenvalue weighted by atomic mass is 16.6. The molecule has 0 heterocycles. The van der Waals surface area contributed by atoms with E-state index in [1.165, 1.54) is 19.3 Å². The molecule has 66 heavy (non-hydrogen) atoms. The summed E-state index contributed by atoms with van der Waals surface area (Å²) in [6.45, 7) is 6.30. The molecule has 0 spiro atoms. The summed E-state index contributed by atoms with van der Waals surface area (Å²) in [6.07, 6.45) is 73.5. The van der Waals surface area contributed by atoms with Crippen LogP contribution in [0.5, 0.6) is 0 Å². The summed E-state index contributed by atoms with van der Waals surface area (Å²) in [5.74, 6) is -0.949. The fourth-order valence-corrected chi connectivity index (χ4v) is 6.79. The second-order valence-corrected chi connectivity index (χ2v) is 17.0. The highest BCUT2D eigenvalue weighted by Gasteiger charge is 2.19. The molecule has 1 unspecified atom stereocenters. The summed E-state index contributed by atoms with van der Waals surface area (Å²) in [5, 5.41) is 0. The number of carbonyl (C=O) groups is 3. The van der Waals surface area contributed by atoms with Crippen LogP contribution in [0, 0.1) is 0 Å². The summed E-state index contributed by atoms with van der Waals surface area (Å²) >= 11 is 0. The maximum atomic E-state index is 12.7. The number of hydrogen-bond donors (Lipinski definition) is 0. The van der Waals surface area contributed by atoms with Gasteiger partial charge >= 0.3 is 17.9 Å². The first-order chi connectivity index (χ1) is 32.5. The van der Waals surface area contributed by atoms with Crippen LogP contribution in [0.2, 0.25) is 0 Å². The second kappa shape index (κ2) is 53.4. The maximum Gasteiger partial charge on any atom is 0.306 e. The molecule has 0 rings (SSSR count). The van der Waals surface area contributed by atoms with Crippen molar-refractivity contribution in [2.24, 2.45) is 0 Å². The van der Waals surface area contributed by atoms with Gasteiger partial charge in [-0.15, -0.1) is 0 Å². The summed E-state index contributed by atoms with van der Waals surface area (Å²) in [4.78, 5) is 37.8.